The highest BCUT2D eigenvalue weighted by atomic mass is 16.3. The zero-order valence-electron chi connectivity index (χ0n) is 7.22. The summed E-state index contributed by atoms with van der Waals surface area (Å²) < 4.78 is 0. The van der Waals surface area contributed by atoms with E-state index in [2.05, 4.69) is 10.6 Å². The Bertz CT molecular complexity index is 126. The number of rotatable bonds is 4. The summed E-state index contributed by atoms with van der Waals surface area (Å²) in [6.45, 7) is 4.14. The Morgan fingerprint density at radius 2 is 2.18 bits per heavy atom. The first-order valence-corrected chi connectivity index (χ1v) is 3.76. The van der Waals surface area contributed by atoms with Crippen molar-refractivity contribution in [3.05, 3.63) is 0 Å². The second kappa shape index (κ2) is 5.09. The molecular weight excluding hydrogens is 144 g/mol. The van der Waals surface area contributed by atoms with Crippen LogP contribution in [0.4, 0.5) is 0 Å². The maximum Gasteiger partial charge on any atom is 0.239 e. The minimum absolute atomic E-state index is 0.179. The fourth-order valence-corrected chi connectivity index (χ4v) is 0.858. The normalized spacial score (nSPS) is 15.6. The molecule has 0 rings (SSSR count). The van der Waals surface area contributed by atoms with Crippen molar-refractivity contribution in [1.29, 1.82) is 0 Å². The quantitative estimate of drug-likeness (QED) is 0.499. The van der Waals surface area contributed by atoms with Crippen molar-refractivity contribution in [2.45, 2.75) is 26.0 Å². The SMILES string of the molecule is CCN[C@H](C(=O)NC)[C@@H](C)O. The molecule has 1 amide bonds. The summed E-state index contributed by atoms with van der Waals surface area (Å²) in [7, 11) is 1.55. The lowest BCUT2D eigenvalue weighted by Crippen LogP contribution is -2.49. The highest BCUT2D eigenvalue weighted by Gasteiger charge is 2.20. The van der Waals surface area contributed by atoms with Gasteiger partial charge in [0.15, 0.2) is 0 Å². The Labute approximate surface area is 67.0 Å². The van der Waals surface area contributed by atoms with Crippen molar-refractivity contribution < 1.29 is 9.90 Å². The predicted molar refractivity (Wildman–Crippen MR) is 43.2 cm³/mol. The van der Waals surface area contributed by atoms with E-state index in [0.717, 1.165) is 0 Å². The van der Waals surface area contributed by atoms with E-state index in [4.69, 9.17) is 5.11 Å². The lowest BCUT2D eigenvalue weighted by molar-refractivity contribution is -0.125. The van der Waals surface area contributed by atoms with E-state index in [1.807, 2.05) is 6.92 Å². The van der Waals surface area contributed by atoms with Gasteiger partial charge in [0.05, 0.1) is 6.10 Å². The number of nitrogens with one attached hydrogen (secondary N) is 2. The molecule has 0 fully saturated rings. The maximum atomic E-state index is 11.0. The molecule has 3 N–H and O–H groups in total. The number of aliphatic hydroxyl groups is 1. The van der Waals surface area contributed by atoms with Crippen molar-refractivity contribution >= 4 is 5.91 Å². The fraction of sp³-hybridized carbons (Fsp3) is 0.857. The summed E-state index contributed by atoms with van der Waals surface area (Å²) in [5.74, 6) is -0.179. The second-order valence-electron chi connectivity index (χ2n) is 2.39. The van der Waals surface area contributed by atoms with Crippen molar-refractivity contribution in [2.24, 2.45) is 0 Å². The molecule has 0 saturated heterocycles. The molecule has 0 unspecified atom stereocenters. The molecule has 2 atom stereocenters. The first-order chi connectivity index (χ1) is 5.13. The zero-order chi connectivity index (χ0) is 8.85. The van der Waals surface area contributed by atoms with Gasteiger partial charge in [-0.2, -0.15) is 0 Å². The molecule has 4 nitrogen and oxygen atoms in total. The van der Waals surface area contributed by atoms with Crippen LogP contribution in [0, 0.1) is 0 Å². The molecule has 66 valence electrons. The largest absolute Gasteiger partial charge is 0.391 e. The van der Waals surface area contributed by atoms with Crippen LogP contribution < -0.4 is 10.6 Å². The van der Waals surface area contributed by atoms with Gasteiger partial charge >= 0.3 is 0 Å². The molecule has 0 aliphatic heterocycles. The summed E-state index contributed by atoms with van der Waals surface area (Å²) in [5, 5.41) is 14.5. The number of aliphatic hydroxyl groups excluding tert-OH is 1. The number of hydrogen-bond acceptors (Lipinski definition) is 3. The third-order valence-electron chi connectivity index (χ3n) is 1.44. The first kappa shape index (κ1) is 10.4. The van der Waals surface area contributed by atoms with Crippen LogP contribution in [-0.2, 0) is 4.79 Å². The van der Waals surface area contributed by atoms with Crippen LogP contribution in [0.15, 0.2) is 0 Å². The number of carbonyl (C=O) groups is 1. The fourth-order valence-electron chi connectivity index (χ4n) is 0.858. The summed E-state index contributed by atoms with van der Waals surface area (Å²) in [6.07, 6.45) is -0.658. The van der Waals surface area contributed by atoms with Gasteiger partial charge < -0.3 is 15.7 Å². The van der Waals surface area contributed by atoms with Crippen LogP contribution >= 0.6 is 0 Å². The maximum absolute atomic E-state index is 11.0. The average molecular weight is 160 g/mol. The van der Waals surface area contributed by atoms with Gasteiger partial charge in [-0.3, -0.25) is 4.79 Å². The molecule has 0 aromatic rings. The Kier molecular flexibility index (Phi) is 4.81. The molecule has 0 saturated carbocycles. The van der Waals surface area contributed by atoms with Gasteiger partial charge in [0.25, 0.3) is 0 Å². The first-order valence-electron chi connectivity index (χ1n) is 3.76. The van der Waals surface area contributed by atoms with Crippen molar-refractivity contribution in [3.63, 3.8) is 0 Å². The Balaban J connectivity index is 3.98. The number of amides is 1. The van der Waals surface area contributed by atoms with Gasteiger partial charge in [-0.25, -0.2) is 0 Å². The van der Waals surface area contributed by atoms with Gasteiger partial charge in [-0.05, 0) is 13.5 Å². The van der Waals surface area contributed by atoms with Crippen LogP contribution in [-0.4, -0.2) is 36.8 Å². The van der Waals surface area contributed by atoms with E-state index in [0.29, 0.717) is 6.54 Å². The van der Waals surface area contributed by atoms with Crippen LogP contribution in [0.3, 0.4) is 0 Å². The molecule has 0 aliphatic carbocycles. The van der Waals surface area contributed by atoms with Crippen LogP contribution in [0.1, 0.15) is 13.8 Å². The molecule has 0 aromatic heterocycles. The van der Waals surface area contributed by atoms with Crippen molar-refractivity contribution in [2.75, 3.05) is 13.6 Å². The molecule has 0 aliphatic rings. The predicted octanol–water partition coefficient (Wildman–Crippen LogP) is -0.909. The van der Waals surface area contributed by atoms with Gasteiger partial charge in [-0.1, -0.05) is 6.92 Å². The summed E-state index contributed by atoms with van der Waals surface area (Å²) in [6, 6.07) is -0.495. The van der Waals surface area contributed by atoms with E-state index in [1.165, 1.54) is 0 Å². The molecule has 4 heteroatoms. The monoisotopic (exact) mass is 160 g/mol. The highest BCUT2D eigenvalue weighted by Crippen LogP contribution is 1.91. The molecule has 0 aromatic carbocycles. The zero-order valence-corrected chi connectivity index (χ0v) is 7.22. The van der Waals surface area contributed by atoms with E-state index >= 15 is 0 Å². The second-order valence-corrected chi connectivity index (χ2v) is 2.39. The van der Waals surface area contributed by atoms with Gasteiger partial charge in [0.1, 0.15) is 6.04 Å². The number of likely N-dealkylation sites (N-methyl/N-ethyl adjacent to an activating group) is 2. The minimum Gasteiger partial charge on any atom is -0.391 e. The molecule has 0 bridgehead atoms. The van der Waals surface area contributed by atoms with Gasteiger partial charge in [-0.15, -0.1) is 0 Å². The van der Waals surface area contributed by atoms with Crippen LogP contribution in [0.2, 0.25) is 0 Å². The topological polar surface area (TPSA) is 61.4 Å². The minimum atomic E-state index is -0.658. The lowest BCUT2D eigenvalue weighted by Gasteiger charge is -2.18. The summed E-state index contributed by atoms with van der Waals surface area (Å²) in [4.78, 5) is 11.0. The van der Waals surface area contributed by atoms with E-state index in [-0.39, 0.29) is 5.91 Å². The Morgan fingerprint density at radius 1 is 1.64 bits per heavy atom. The van der Waals surface area contributed by atoms with E-state index in [1.54, 1.807) is 14.0 Å². The van der Waals surface area contributed by atoms with Gasteiger partial charge in [0, 0.05) is 7.05 Å². The Hall–Kier alpha value is -0.610. The number of carbonyl (C=O) groups excluding carboxylic acids is 1. The van der Waals surface area contributed by atoms with Gasteiger partial charge in [0.2, 0.25) is 5.91 Å². The molecule has 11 heavy (non-hydrogen) atoms. The Morgan fingerprint density at radius 3 is 2.45 bits per heavy atom. The summed E-state index contributed by atoms with van der Waals surface area (Å²) in [5.41, 5.74) is 0. The highest BCUT2D eigenvalue weighted by molar-refractivity contribution is 5.81. The van der Waals surface area contributed by atoms with E-state index < -0.39 is 12.1 Å². The number of hydrogen-bond donors (Lipinski definition) is 3. The standard InChI is InChI=1S/C7H16N2O2/c1-4-9-6(5(2)10)7(11)8-3/h5-6,9-10H,4H2,1-3H3,(H,8,11)/t5-,6+/m1/s1. The molecule has 0 heterocycles. The van der Waals surface area contributed by atoms with Crippen molar-refractivity contribution in [3.8, 4) is 0 Å². The third-order valence-corrected chi connectivity index (χ3v) is 1.44. The average Bonchev–Trinajstić information content (AvgIpc) is 1.98. The van der Waals surface area contributed by atoms with Crippen molar-refractivity contribution in [1.82, 2.24) is 10.6 Å². The third kappa shape index (κ3) is 3.34. The smallest absolute Gasteiger partial charge is 0.239 e. The van der Waals surface area contributed by atoms with Crippen LogP contribution in [0.25, 0.3) is 0 Å². The van der Waals surface area contributed by atoms with Crippen LogP contribution in [0.5, 0.6) is 0 Å². The summed E-state index contributed by atoms with van der Waals surface area (Å²) >= 11 is 0. The van der Waals surface area contributed by atoms with E-state index in [9.17, 15) is 4.79 Å². The molecular formula is C7H16N2O2. The molecule has 0 radical (unpaired) electrons. The molecule has 0 spiro atoms. The lowest BCUT2D eigenvalue weighted by atomic mass is 10.1.